The number of benzene rings is 1. The lowest BCUT2D eigenvalue weighted by Crippen LogP contribution is -2.34. The van der Waals surface area contributed by atoms with Gasteiger partial charge < -0.3 is 15.4 Å². The Hall–Kier alpha value is -2.04. The van der Waals surface area contributed by atoms with Gasteiger partial charge in [0.2, 0.25) is 0 Å². The van der Waals surface area contributed by atoms with Crippen molar-refractivity contribution >= 4 is 12.0 Å². The number of carbonyl (C=O) groups excluding carboxylic acids is 2. The molecule has 1 atom stereocenters. The number of hydrogen-bond acceptors (Lipinski definition) is 3. The first-order valence-electron chi connectivity index (χ1n) is 7.70. The molecule has 1 aliphatic rings. The van der Waals surface area contributed by atoms with Crippen LogP contribution in [0, 0.1) is 0 Å². The van der Waals surface area contributed by atoms with E-state index in [0.717, 1.165) is 24.0 Å². The first kappa shape index (κ1) is 16.3. The van der Waals surface area contributed by atoms with Gasteiger partial charge in [-0.15, -0.1) is 0 Å². The van der Waals surface area contributed by atoms with Crippen LogP contribution in [-0.4, -0.2) is 24.1 Å². The van der Waals surface area contributed by atoms with E-state index in [1.165, 1.54) is 0 Å². The number of nitrogens with one attached hydrogen (secondary N) is 2. The second-order valence-electron chi connectivity index (χ2n) is 6.51. The molecule has 2 N–H and O–H groups in total. The second kappa shape index (κ2) is 6.38. The number of aryl methyl sites for hydroxylation is 1. The summed E-state index contributed by atoms with van der Waals surface area (Å²) in [6, 6.07) is 5.60. The minimum atomic E-state index is -0.506. The molecule has 0 bridgehead atoms. The molecule has 1 unspecified atom stereocenters. The Kier molecular flexibility index (Phi) is 4.74. The lowest BCUT2D eigenvalue weighted by atomic mass is 10.0. The summed E-state index contributed by atoms with van der Waals surface area (Å²) in [7, 11) is 0. The number of carbonyl (C=O) groups is 2. The molecule has 2 rings (SSSR count). The van der Waals surface area contributed by atoms with Crippen LogP contribution >= 0.6 is 0 Å². The summed E-state index contributed by atoms with van der Waals surface area (Å²) in [5.41, 5.74) is 2.34. The topological polar surface area (TPSA) is 67.4 Å². The normalized spacial score (nSPS) is 16.8. The van der Waals surface area contributed by atoms with Crippen LogP contribution in [0.2, 0.25) is 0 Å². The van der Waals surface area contributed by atoms with E-state index in [4.69, 9.17) is 4.74 Å². The number of amides is 2. The fourth-order valence-electron chi connectivity index (χ4n) is 2.62. The molecule has 0 fully saturated rings. The zero-order chi connectivity index (χ0) is 16.3. The predicted octanol–water partition coefficient (Wildman–Crippen LogP) is 2.95. The van der Waals surface area contributed by atoms with Gasteiger partial charge in [-0.05, 0) is 63.8 Å². The Morgan fingerprint density at radius 2 is 2.05 bits per heavy atom. The largest absolute Gasteiger partial charge is 0.444 e. The number of alkyl carbamates (subject to hydrolysis) is 1. The van der Waals surface area contributed by atoms with Crippen molar-refractivity contribution in [1.82, 2.24) is 10.6 Å². The van der Waals surface area contributed by atoms with Gasteiger partial charge in [0.15, 0.2) is 0 Å². The van der Waals surface area contributed by atoms with Gasteiger partial charge in [-0.25, -0.2) is 4.79 Å². The maximum absolute atomic E-state index is 11.9. The maximum Gasteiger partial charge on any atom is 0.408 e. The fraction of sp³-hybridized carbons (Fsp3) is 0.529. The Labute approximate surface area is 131 Å². The molecular formula is C17H24N2O3. The van der Waals surface area contributed by atoms with Crippen LogP contribution in [0.4, 0.5) is 4.79 Å². The summed E-state index contributed by atoms with van der Waals surface area (Å²) >= 11 is 0. The van der Waals surface area contributed by atoms with Crippen molar-refractivity contribution in [2.75, 3.05) is 6.54 Å². The van der Waals surface area contributed by atoms with Gasteiger partial charge in [0.1, 0.15) is 5.60 Å². The standard InChI is InChI=1S/C17H24N2O3/c1-5-18-15(20)12-6-8-13-11(10-12)7-9-14(13)19-16(21)22-17(2,3)4/h6,8,10,14H,5,7,9H2,1-4H3,(H,18,20)(H,19,21). The molecule has 0 aliphatic heterocycles. The highest BCUT2D eigenvalue weighted by molar-refractivity contribution is 5.94. The zero-order valence-corrected chi connectivity index (χ0v) is 13.7. The average Bonchev–Trinajstić information content (AvgIpc) is 2.79. The van der Waals surface area contributed by atoms with Crippen molar-refractivity contribution in [2.45, 2.75) is 52.2 Å². The van der Waals surface area contributed by atoms with Crippen LogP contribution in [0.15, 0.2) is 18.2 Å². The van der Waals surface area contributed by atoms with E-state index < -0.39 is 11.7 Å². The molecule has 0 saturated heterocycles. The van der Waals surface area contributed by atoms with Crippen molar-refractivity contribution in [3.05, 3.63) is 34.9 Å². The van der Waals surface area contributed by atoms with Gasteiger partial charge in [0, 0.05) is 12.1 Å². The van der Waals surface area contributed by atoms with Gasteiger partial charge in [0.05, 0.1) is 6.04 Å². The molecule has 1 aromatic rings. The van der Waals surface area contributed by atoms with Crippen molar-refractivity contribution in [3.8, 4) is 0 Å². The molecule has 5 heteroatoms. The van der Waals surface area contributed by atoms with Crippen molar-refractivity contribution < 1.29 is 14.3 Å². The van der Waals surface area contributed by atoms with Gasteiger partial charge in [0.25, 0.3) is 5.91 Å². The number of fused-ring (bicyclic) bond motifs is 1. The zero-order valence-electron chi connectivity index (χ0n) is 13.7. The minimum absolute atomic E-state index is 0.0480. The molecule has 1 aliphatic carbocycles. The molecule has 120 valence electrons. The molecule has 2 amide bonds. The molecule has 1 aromatic carbocycles. The summed E-state index contributed by atoms with van der Waals surface area (Å²) in [5.74, 6) is -0.0612. The summed E-state index contributed by atoms with van der Waals surface area (Å²) in [6.07, 6.45) is 1.27. The van der Waals surface area contributed by atoms with E-state index in [9.17, 15) is 9.59 Å². The lowest BCUT2D eigenvalue weighted by Gasteiger charge is -2.22. The smallest absolute Gasteiger partial charge is 0.408 e. The van der Waals surface area contributed by atoms with Gasteiger partial charge >= 0.3 is 6.09 Å². The van der Waals surface area contributed by atoms with Crippen LogP contribution < -0.4 is 10.6 Å². The summed E-state index contributed by atoms with van der Waals surface area (Å²) in [5, 5.41) is 5.70. The van der Waals surface area contributed by atoms with Crippen LogP contribution in [0.1, 0.15) is 61.6 Å². The first-order chi connectivity index (χ1) is 10.3. The van der Waals surface area contributed by atoms with Crippen LogP contribution in [-0.2, 0) is 11.2 Å². The highest BCUT2D eigenvalue weighted by atomic mass is 16.6. The van der Waals surface area contributed by atoms with Crippen LogP contribution in [0.5, 0.6) is 0 Å². The van der Waals surface area contributed by atoms with E-state index in [1.54, 1.807) is 6.07 Å². The third-order valence-corrected chi connectivity index (χ3v) is 3.51. The molecule has 0 radical (unpaired) electrons. The Bertz CT molecular complexity index is 576. The predicted molar refractivity (Wildman–Crippen MR) is 84.9 cm³/mol. The van der Waals surface area contributed by atoms with E-state index in [1.807, 2.05) is 39.8 Å². The quantitative estimate of drug-likeness (QED) is 0.902. The Balaban J connectivity index is 2.07. The van der Waals surface area contributed by atoms with Crippen molar-refractivity contribution in [3.63, 3.8) is 0 Å². The molecule has 0 spiro atoms. The number of ether oxygens (including phenoxy) is 1. The maximum atomic E-state index is 11.9. The van der Waals surface area contributed by atoms with Gasteiger partial charge in [-0.3, -0.25) is 4.79 Å². The van der Waals surface area contributed by atoms with E-state index in [0.29, 0.717) is 12.1 Å². The van der Waals surface area contributed by atoms with Crippen molar-refractivity contribution in [1.29, 1.82) is 0 Å². The SMILES string of the molecule is CCNC(=O)c1ccc2c(c1)CCC2NC(=O)OC(C)(C)C. The van der Waals surface area contributed by atoms with Crippen LogP contribution in [0.3, 0.4) is 0 Å². The molecule has 0 saturated carbocycles. The Morgan fingerprint density at radius 1 is 1.32 bits per heavy atom. The molecule has 5 nitrogen and oxygen atoms in total. The van der Waals surface area contributed by atoms with Gasteiger partial charge in [-0.1, -0.05) is 6.07 Å². The van der Waals surface area contributed by atoms with E-state index >= 15 is 0 Å². The third kappa shape index (κ3) is 4.00. The lowest BCUT2D eigenvalue weighted by molar-refractivity contribution is 0.0503. The monoisotopic (exact) mass is 304 g/mol. The highest BCUT2D eigenvalue weighted by Crippen LogP contribution is 2.32. The second-order valence-corrected chi connectivity index (χ2v) is 6.51. The Morgan fingerprint density at radius 3 is 2.68 bits per heavy atom. The highest BCUT2D eigenvalue weighted by Gasteiger charge is 2.26. The summed E-state index contributed by atoms with van der Waals surface area (Å²) in [6.45, 7) is 8.03. The van der Waals surface area contributed by atoms with E-state index in [2.05, 4.69) is 10.6 Å². The molecule has 0 heterocycles. The average molecular weight is 304 g/mol. The molecule has 0 aromatic heterocycles. The van der Waals surface area contributed by atoms with Crippen LogP contribution in [0.25, 0.3) is 0 Å². The van der Waals surface area contributed by atoms with E-state index in [-0.39, 0.29) is 11.9 Å². The summed E-state index contributed by atoms with van der Waals surface area (Å²) in [4.78, 5) is 23.7. The van der Waals surface area contributed by atoms with Gasteiger partial charge in [-0.2, -0.15) is 0 Å². The minimum Gasteiger partial charge on any atom is -0.444 e. The number of hydrogen-bond donors (Lipinski definition) is 2. The number of rotatable bonds is 3. The fourth-order valence-corrected chi connectivity index (χ4v) is 2.62. The molecule has 22 heavy (non-hydrogen) atoms. The van der Waals surface area contributed by atoms with Crippen molar-refractivity contribution in [2.24, 2.45) is 0 Å². The molecular weight excluding hydrogens is 280 g/mol. The first-order valence-corrected chi connectivity index (χ1v) is 7.70. The third-order valence-electron chi connectivity index (χ3n) is 3.51. The summed E-state index contributed by atoms with van der Waals surface area (Å²) < 4.78 is 5.29.